The Labute approximate surface area is 194 Å². The highest BCUT2D eigenvalue weighted by Gasteiger charge is 2.37. The Hall–Kier alpha value is -2.36. The van der Waals surface area contributed by atoms with Gasteiger partial charge in [-0.05, 0) is 32.6 Å². The minimum atomic E-state index is -0.899. The predicted molar refractivity (Wildman–Crippen MR) is 119 cm³/mol. The molecule has 1 saturated heterocycles. The first-order chi connectivity index (χ1) is 15.0. The number of rotatable bonds is 11. The van der Waals surface area contributed by atoms with Crippen molar-refractivity contribution in [3.63, 3.8) is 0 Å². The number of halogens is 1. The first-order valence-electron chi connectivity index (χ1n) is 10.8. The van der Waals surface area contributed by atoms with E-state index in [9.17, 15) is 24.0 Å². The number of hydrogen-bond acceptors (Lipinski definition) is 6. The third-order valence-corrected chi connectivity index (χ3v) is 5.75. The number of hydrogen-bond donors (Lipinski definition) is 3. The number of likely N-dealkylation sites (tertiary alicyclic amines) is 1. The van der Waals surface area contributed by atoms with E-state index in [1.807, 2.05) is 13.8 Å². The summed E-state index contributed by atoms with van der Waals surface area (Å²) in [5.41, 5.74) is 0. The molecular weight excluding hydrogens is 440 g/mol. The number of alkyl halides is 1. The zero-order valence-electron chi connectivity index (χ0n) is 19.4. The van der Waals surface area contributed by atoms with Gasteiger partial charge in [0, 0.05) is 24.9 Å². The lowest BCUT2D eigenvalue weighted by molar-refractivity contribution is -0.142. The van der Waals surface area contributed by atoms with Gasteiger partial charge in [-0.2, -0.15) is 0 Å². The van der Waals surface area contributed by atoms with Crippen molar-refractivity contribution in [3.05, 3.63) is 0 Å². The molecule has 0 radical (unpaired) electrons. The van der Waals surface area contributed by atoms with E-state index in [-0.39, 0.29) is 42.5 Å². The predicted octanol–water partition coefficient (Wildman–Crippen LogP) is 0.320. The molecule has 1 aliphatic rings. The van der Waals surface area contributed by atoms with Gasteiger partial charge in [0.2, 0.25) is 23.6 Å². The molecule has 1 fully saturated rings. The van der Waals surface area contributed by atoms with Crippen LogP contribution in [0.15, 0.2) is 0 Å². The molecule has 0 bridgehead atoms. The molecule has 0 aromatic rings. The zero-order valence-corrected chi connectivity index (χ0v) is 20.2. The van der Waals surface area contributed by atoms with Crippen LogP contribution in [0.25, 0.3) is 0 Å². The van der Waals surface area contributed by atoms with E-state index in [1.165, 1.54) is 25.9 Å². The number of methoxy groups -OCH3 is 1. The molecule has 0 unspecified atom stereocenters. The van der Waals surface area contributed by atoms with Crippen LogP contribution >= 0.6 is 11.6 Å². The van der Waals surface area contributed by atoms with Gasteiger partial charge in [0.05, 0.1) is 13.5 Å². The third kappa shape index (κ3) is 8.29. The summed E-state index contributed by atoms with van der Waals surface area (Å²) in [7, 11) is 1.23. The van der Waals surface area contributed by atoms with Crippen molar-refractivity contribution < 1.29 is 28.7 Å². The Morgan fingerprint density at radius 1 is 1.00 bits per heavy atom. The van der Waals surface area contributed by atoms with E-state index in [1.54, 1.807) is 0 Å². The number of carbonyl (C=O) groups excluding carboxylic acids is 5. The Morgan fingerprint density at radius 2 is 1.66 bits per heavy atom. The maximum absolute atomic E-state index is 12.9. The SMILES string of the molecule is COC(=O)CCC(=O)N[C@@H](C)C(=O)N[C@@H](C)C(=O)N1CCC[C@H]1C(=O)N[C@H](CCl)C(C)C. The van der Waals surface area contributed by atoms with Crippen molar-refractivity contribution in [2.75, 3.05) is 19.5 Å². The normalized spacial score (nSPS) is 18.5. The Morgan fingerprint density at radius 3 is 2.22 bits per heavy atom. The highest BCUT2D eigenvalue weighted by atomic mass is 35.5. The summed E-state index contributed by atoms with van der Waals surface area (Å²) in [6.07, 6.45) is 1.02. The molecule has 0 aromatic carbocycles. The van der Waals surface area contributed by atoms with Crippen LogP contribution in [0.1, 0.15) is 53.4 Å². The summed E-state index contributed by atoms with van der Waals surface area (Å²) >= 11 is 5.93. The van der Waals surface area contributed by atoms with E-state index in [4.69, 9.17) is 11.6 Å². The van der Waals surface area contributed by atoms with Gasteiger partial charge in [-0.15, -0.1) is 11.6 Å². The second kappa shape index (κ2) is 13.2. The molecule has 11 heteroatoms. The number of esters is 1. The molecule has 4 atom stereocenters. The molecule has 3 N–H and O–H groups in total. The smallest absolute Gasteiger partial charge is 0.306 e. The monoisotopic (exact) mass is 474 g/mol. The van der Waals surface area contributed by atoms with Gasteiger partial charge >= 0.3 is 5.97 Å². The molecule has 1 rings (SSSR count). The number of carbonyl (C=O) groups is 5. The molecule has 0 aliphatic carbocycles. The lowest BCUT2D eigenvalue weighted by Gasteiger charge is -2.29. The van der Waals surface area contributed by atoms with Crippen molar-refractivity contribution >= 4 is 41.2 Å². The maximum Gasteiger partial charge on any atom is 0.306 e. The largest absolute Gasteiger partial charge is 0.469 e. The van der Waals surface area contributed by atoms with E-state index in [0.29, 0.717) is 19.4 Å². The van der Waals surface area contributed by atoms with Crippen LogP contribution in [-0.2, 0) is 28.7 Å². The first kappa shape index (κ1) is 27.7. The fourth-order valence-electron chi connectivity index (χ4n) is 3.31. The van der Waals surface area contributed by atoms with Gasteiger partial charge in [0.15, 0.2) is 0 Å². The van der Waals surface area contributed by atoms with Crippen LogP contribution in [0, 0.1) is 5.92 Å². The molecule has 0 aromatic heterocycles. The third-order valence-electron chi connectivity index (χ3n) is 5.42. The van der Waals surface area contributed by atoms with Crippen LogP contribution in [0.5, 0.6) is 0 Å². The zero-order chi connectivity index (χ0) is 24.4. The van der Waals surface area contributed by atoms with Gasteiger partial charge in [-0.1, -0.05) is 13.8 Å². The molecule has 4 amide bonds. The second-order valence-electron chi connectivity index (χ2n) is 8.30. The number of nitrogens with zero attached hydrogens (tertiary/aromatic N) is 1. The van der Waals surface area contributed by atoms with Gasteiger partial charge < -0.3 is 25.6 Å². The Kier molecular flexibility index (Phi) is 11.5. The van der Waals surface area contributed by atoms with Crippen molar-refractivity contribution in [1.29, 1.82) is 0 Å². The van der Waals surface area contributed by atoms with Gasteiger partial charge in [0.25, 0.3) is 0 Å². The van der Waals surface area contributed by atoms with Gasteiger partial charge in [-0.3, -0.25) is 24.0 Å². The number of nitrogens with one attached hydrogen (secondary N) is 3. The van der Waals surface area contributed by atoms with Crippen molar-refractivity contribution in [3.8, 4) is 0 Å². The van der Waals surface area contributed by atoms with E-state index < -0.39 is 35.9 Å². The minimum absolute atomic E-state index is 0.0919. The van der Waals surface area contributed by atoms with E-state index in [2.05, 4.69) is 20.7 Å². The van der Waals surface area contributed by atoms with Crippen molar-refractivity contribution in [2.45, 2.75) is 77.5 Å². The second-order valence-corrected chi connectivity index (χ2v) is 8.61. The molecular formula is C21H35ClN4O6. The summed E-state index contributed by atoms with van der Waals surface area (Å²) in [4.78, 5) is 62.5. The van der Waals surface area contributed by atoms with Crippen LogP contribution in [0.3, 0.4) is 0 Å². The molecule has 0 saturated carbocycles. The van der Waals surface area contributed by atoms with E-state index in [0.717, 1.165) is 0 Å². The average molecular weight is 475 g/mol. The van der Waals surface area contributed by atoms with Crippen LogP contribution in [-0.4, -0.2) is 78.2 Å². The summed E-state index contributed by atoms with van der Waals surface area (Å²) in [6.45, 7) is 7.35. The molecule has 0 spiro atoms. The maximum atomic E-state index is 12.9. The van der Waals surface area contributed by atoms with Crippen molar-refractivity contribution in [2.24, 2.45) is 5.92 Å². The summed E-state index contributed by atoms with van der Waals surface area (Å²) in [5, 5.41) is 7.96. The number of ether oxygens (including phenoxy) is 1. The lowest BCUT2D eigenvalue weighted by Crippen LogP contribution is -2.56. The molecule has 1 heterocycles. The Bertz CT molecular complexity index is 702. The van der Waals surface area contributed by atoms with Crippen LogP contribution < -0.4 is 16.0 Å². The number of amides is 4. The molecule has 1 aliphatic heterocycles. The van der Waals surface area contributed by atoms with Gasteiger partial charge in [-0.25, -0.2) is 0 Å². The van der Waals surface area contributed by atoms with Crippen LogP contribution in [0.4, 0.5) is 0 Å². The summed E-state index contributed by atoms with van der Waals surface area (Å²) in [6, 6.07) is -2.58. The fraction of sp³-hybridized carbons (Fsp3) is 0.762. The van der Waals surface area contributed by atoms with Crippen molar-refractivity contribution in [1.82, 2.24) is 20.9 Å². The first-order valence-corrected chi connectivity index (χ1v) is 11.4. The van der Waals surface area contributed by atoms with E-state index >= 15 is 0 Å². The fourth-order valence-corrected chi connectivity index (χ4v) is 3.74. The quantitative estimate of drug-likeness (QED) is 0.291. The standard InChI is InChI=1S/C21H35ClN4O6/c1-12(2)15(11-22)25-20(30)16-7-6-10-26(16)21(31)14(4)24-19(29)13(3)23-17(27)8-9-18(28)32-5/h12-16H,6-11H2,1-5H3,(H,23,27)(H,24,29)(H,25,30)/t13-,14-,15+,16-/m0/s1. The highest BCUT2D eigenvalue weighted by molar-refractivity contribution is 6.18. The molecule has 182 valence electrons. The van der Waals surface area contributed by atoms with Crippen LogP contribution in [0.2, 0.25) is 0 Å². The highest BCUT2D eigenvalue weighted by Crippen LogP contribution is 2.19. The Balaban J connectivity index is 2.62. The summed E-state index contributed by atoms with van der Waals surface area (Å²) < 4.78 is 4.47. The minimum Gasteiger partial charge on any atom is -0.469 e. The topological polar surface area (TPSA) is 134 Å². The average Bonchev–Trinajstić information content (AvgIpc) is 3.24. The van der Waals surface area contributed by atoms with Gasteiger partial charge in [0.1, 0.15) is 18.1 Å². The summed E-state index contributed by atoms with van der Waals surface area (Å²) in [5.74, 6) is -1.73. The lowest BCUT2D eigenvalue weighted by atomic mass is 10.1. The molecule has 10 nitrogen and oxygen atoms in total. The molecule has 32 heavy (non-hydrogen) atoms.